The molecule has 0 spiro atoms. The van der Waals surface area contributed by atoms with E-state index in [0.29, 0.717) is 0 Å². The zero-order valence-electron chi connectivity index (χ0n) is 10.0. The van der Waals surface area contributed by atoms with Crippen LogP contribution in [0.5, 0.6) is 0 Å². The average molecular weight is 274 g/mol. The normalized spacial score (nSPS) is 24.3. The van der Waals surface area contributed by atoms with Crippen LogP contribution in [0, 0.1) is 0 Å². The van der Waals surface area contributed by atoms with Gasteiger partial charge in [-0.25, -0.2) is 0 Å². The molecule has 1 fully saturated rings. The number of nitrogens with zero attached hydrogens (tertiary/aromatic N) is 2. The Balaban J connectivity index is 2.16. The molecular formula is C12H13F3N2O2. The number of aliphatic hydroxyl groups is 1. The molecule has 1 saturated heterocycles. The van der Waals surface area contributed by atoms with E-state index in [2.05, 4.69) is 4.98 Å². The minimum Gasteiger partial charge on any atom is -0.379 e. The lowest BCUT2D eigenvalue weighted by Crippen LogP contribution is -2.58. The minimum atomic E-state index is -4.73. The number of amides is 1. The summed E-state index contributed by atoms with van der Waals surface area (Å²) in [4.78, 5) is 16.8. The highest BCUT2D eigenvalue weighted by atomic mass is 19.4. The lowest BCUT2D eigenvalue weighted by Gasteiger charge is -2.40. The van der Waals surface area contributed by atoms with E-state index in [1.165, 1.54) is 24.5 Å². The first-order valence-electron chi connectivity index (χ1n) is 5.82. The molecule has 1 N–H and O–H groups in total. The maximum Gasteiger partial charge on any atom is 0.418 e. The van der Waals surface area contributed by atoms with E-state index in [1.807, 2.05) is 0 Å². The highest BCUT2D eigenvalue weighted by Gasteiger charge is 2.55. The van der Waals surface area contributed by atoms with Gasteiger partial charge in [0.25, 0.3) is 5.91 Å². The van der Waals surface area contributed by atoms with E-state index >= 15 is 0 Å². The summed E-state index contributed by atoms with van der Waals surface area (Å²) < 4.78 is 38.3. The highest BCUT2D eigenvalue weighted by Crippen LogP contribution is 2.37. The molecule has 104 valence electrons. The van der Waals surface area contributed by atoms with Crippen LogP contribution in [0.1, 0.15) is 23.2 Å². The number of alkyl halides is 3. The molecule has 4 nitrogen and oxygen atoms in total. The SMILES string of the molecule is O=C(c1ccncc1)N1CCC[C@@](O)(C(F)(F)F)C1. The average Bonchev–Trinajstić information content (AvgIpc) is 2.38. The van der Waals surface area contributed by atoms with Crippen molar-refractivity contribution >= 4 is 5.91 Å². The number of hydrogen-bond acceptors (Lipinski definition) is 3. The molecule has 0 bridgehead atoms. The first-order valence-corrected chi connectivity index (χ1v) is 5.82. The van der Waals surface area contributed by atoms with Crippen molar-refractivity contribution in [2.24, 2.45) is 0 Å². The van der Waals surface area contributed by atoms with Gasteiger partial charge >= 0.3 is 6.18 Å². The van der Waals surface area contributed by atoms with Gasteiger partial charge in [0.05, 0.1) is 6.54 Å². The van der Waals surface area contributed by atoms with Gasteiger partial charge in [0, 0.05) is 24.5 Å². The summed E-state index contributed by atoms with van der Waals surface area (Å²) >= 11 is 0. The van der Waals surface area contributed by atoms with E-state index in [1.54, 1.807) is 0 Å². The minimum absolute atomic E-state index is 0.118. The van der Waals surface area contributed by atoms with Gasteiger partial charge in [-0.05, 0) is 25.0 Å². The van der Waals surface area contributed by atoms with E-state index in [-0.39, 0.29) is 24.9 Å². The summed E-state index contributed by atoms with van der Waals surface area (Å²) in [5.74, 6) is -0.523. The molecule has 1 atom stereocenters. The van der Waals surface area contributed by atoms with Crippen LogP contribution in [0.4, 0.5) is 13.2 Å². The third kappa shape index (κ3) is 2.70. The number of pyridine rings is 1. The quantitative estimate of drug-likeness (QED) is 0.846. The van der Waals surface area contributed by atoms with E-state index in [0.717, 1.165) is 4.90 Å². The standard InChI is InChI=1S/C12H13F3N2O2/c13-12(14,15)11(19)4-1-7-17(8-11)10(18)9-2-5-16-6-3-9/h2-3,5-6,19H,1,4,7-8H2/t11-/m0/s1. The van der Waals surface area contributed by atoms with Gasteiger partial charge in [0.2, 0.25) is 0 Å². The first-order chi connectivity index (χ1) is 8.83. The smallest absolute Gasteiger partial charge is 0.379 e. The van der Waals surface area contributed by atoms with Crippen molar-refractivity contribution in [2.45, 2.75) is 24.6 Å². The molecule has 0 aromatic carbocycles. The maximum atomic E-state index is 12.8. The molecule has 7 heteroatoms. The van der Waals surface area contributed by atoms with Crippen molar-refractivity contribution in [1.82, 2.24) is 9.88 Å². The summed E-state index contributed by atoms with van der Waals surface area (Å²) in [7, 11) is 0. The van der Waals surface area contributed by atoms with Crippen LogP contribution < -0.4 is 0 Å². The molecule has 1 aliphatic heterocycles. The molecule has 0 radical (unpaired) electrons. The molecule has 1 aliphatic rings. The fourth-order valence-corrected chi connectivity index (χ4v) is 2.12. The molecular weight excluding hydrogens is 261 g/mol. The largest absolute Gasteiger partial charge is 0.418 e. The van der Waals surface area contributed by atoms with Crippen LogP contribution in [-0.4, -0.2) is 45.8 Å². The van der Waals surface area contributed by atoms with E-state index in [9.17, 15) is 23.1 Å². The van der Waals surface area contributed by atoms with Crippen LogP contribution in [0.15, 0.2) is 24.5 Å². The van der Waals surface area contributed by atoms with Crippen LogP contribution in [-0.2, 0) is 0 Å². The van der Waals surface area contributed by atoms with E-state index in [4.69, 9.17) is 0 Å². The van der Waals surface area contributed by atoms with Gasteiger partial charge in [0.1, 0.15) is 0 Å². The number of halogens is 3. The second-order valence-corrected chi connectivity index (χ2v) is 4.60. The number of hydrogen-bond donors (Lipinski definition) is 1. The third-order valence-electron chi connectivity index (χ3n) is 3.21. The zero-order chi connectivity index (χ0) is 14.1. The van der Waals surface area contributed by atoms with Crippen molar-refractivity contribution in [3.05, 3.63) is 30.1 Å². The van der Waals surface area contributed by atoms with Gasteiger partial charge in [-0.3, -0.25) is 9.78 Å². The zero-order valence-corrected chi connectivity index (χ0v) is 10.0. The molecule has 2 heterocycles. The summed E-state index contributed by atoms with van der Waals surface area (Å²) in [5, 5.41) is 9.64. The molecule has 1 aromatic heterocycles. The number of rotatable bonds is 1. The molecule has 1 amide bonds. The summed E-state index contributed by atoms with van der Waals surface area (Å²) in [6, 6.07) is 2.87. The van der Waals surface area contributed by atoms with Crippen molar-refractivity contribution in [2.75, 3.05) is 13.1 Å². The van der Waals surface area contributed by atoms with E-state index < -0.39 is 24.2 Å². The van der Waals surface area contributed by atoms with Crippen LogP contribution >= 0.6 is 0 Å². The predicted molar refractivity (Wildman–Crippen MR) is 60.4 cm³/mol. The monoisotopic (exact) mass is 274 g/mol. The molecule has 0 unspecified atom stereocenters. The number of carbonyl (C=O) groups is 1. The molecule has 1 aromatic rings. The lowest BCUT2D eigenvalue weighted by molar-refractivity contribution is -0.271. The highest BCUT2D eigenvalue weighted by molar-refractivity contribution is 5.94. The molecule has 0 saturated carbocycles. The fourth-order valence-electron chi connectivity index (χ4n) is 2.12. The Labute approximate surface area is 107 Å². The molecule has 0 aliphatic carbocycles. The Morgan fingerprint density at radius 2 is 2.00 bits per heavy atom. The first kappa shape index (κ1) is 13.8. The number of aromatic nitrogens is 1. The Morgan fingerprint density at radius 1 is 1.37 bits per heavy atom. The number of β-amino-alcohol motifs (C(OH)–C–C–N with tert-alkyl or cyclic N) is 1. The van der Waals surface area contributed by atoms with Crippen molar-refractivity contribution in [3.8, 4) is 0 Å². The van der Waals surface area contributed by atoms with Crippen LogP contribution in [0.2, 0.25) is 0 Å². The van der Waals surface area contributed by atoms with Gasteiger partial charge in [-0.2, -0.15) is 13.2 Å². The van der Waals surface area contributed by atoms with Crippen LogP contribution in [0.3, 0.4) is 0 Å². The fraction of sp³-hybridized carbons (Fsp3) is 0.500. The summed E-state index contributed by atoms with van der Waals surface area (Å²) in [6.45, 7) is -0.517. The summed E-state index contributed by atoms with van der Waals surface area (Å²) in [6.07, 6.45) is -2.20. The van der Waals surface area contributed by atoms with Crippen molar-refractivity contribution in [3.63, 3.8) is 0 Å². The third-order valence-corrected chi connectivity index (χ3v) is 3.21. The van der Waals surface area contributed by atoms with Gasteiger partial charge in [0.15, 0.2) is 5.60 Å². The Kier molecular flexibility index (Phi) is 3.49. The number of piperidine rings is 1. The number of carbonyl (C=O) groups excluding carboxylic acids is 1. The van der Waals surface area contributed by atoms with Crippen molar-refractivity contribution < 1.29 is 23.1 Å². The molecule has 19 heavy (non-hydrogen) atoms. The van der Waals surface area contributed by atoms with Crippen LogP contribution in [0.25, 0.3) is 0 Å². The summed E-state index contributed by atoms with van der Waals surface area (Å²) in [5.41, 5.74) is -2.55. The number of likely N-dealkylation sites (tertiary alicyclic amines) is 1. The molecule has 2 rings (SSSR count). The van der Waals surface area contributed by atoms with Gasteiger partial charge in [-0.15, -0.1) is 0 Å². The lowest BCUT2D eigenvalue weighted by atomic mass is 9.92. The predicted octanol–water partition coefficient (Wildman–Crippen LogP) is 1.61. The van der Waals surface area contributed by atoms with Gasteiger partial charge in [-0.1, -0.05) is 0 Å². The van der Waals surface area contributed by atoms with Gasteiger partial charge < -0.3 is 10.0 Å². The second kappa shape index (κ2) is 4.80. The van der Waals surface area contributed by atoms with Crippen molar-refractivity contribution in [1.29, 1.82) is 0 Å². The maximum absolute atomic E-state index is 12.8. The Hall–Kier alpha value is -1.63. The topological polar surface area (TPSA) is 53.4 Å². The Bertz CT molecular complexity index is 464. The Morgan fingerprint density at radius 3 is 2.58 bits per heavy atom. The second-order valence-electron chi connectivity index (χ2n) is 4.60.